The number of anilines is 2. The monoisotopic (exact) mass is 361 g/mol. The Labute approximate surface area is 159 Å². The highest BCUT2D eigenvalue weighted by atomic mass is 16.1. The van der Waals surface area contributed by atoms with Crippen LogP contribution in [0.1, 0.15) is 23.7 Å². The number of aryl methyl sites for hydroxylation is 1. The van der Waals surface area contributed by atoms with Crippen LogP contribution in [0.15, 0.2) is 48.7 Å². The molecule has 0 saturated carbocycles. The standard InChI is InChI=1S/C21H23N5O/c1-14-15(2)24-21(19-6-4-5-12-22-19)26-20(14)23-13-11-17-7-9-18(10-8-17)25-16(3)27/h4-10,12H,11,13H2,1-3H3,(H,25,27)(H,23,24,26). The minimum absolute atomic E-state index is 0.0669. The third kappa shape index (κ3) is 4.88. The van der Waals surface area contributed by atoms with E-state index < -0.39 is 0 Å². The molecular weight excluding hydrogens is 338 g/mol. The maximum absolute atomic E-state index is 11.1. The van der Waals surface area contributed by atoms with E-state index in [1.165, 1.54) is 12.5 Å². The third-order valence-electron chi connectivity index (χ3n) is 4.26. The Morgan fingerprint density at radius 2 is 1.81 bits per heavy atom. The van der Waals surface area contributed by atoms with Crippen molar-refractivity contribution in [1.82, 2.24) is 15.0 Å². The fourth-order valence-corrected chi connectivity index (χ4v) is 2.69. The van der Waals surface area contributed by atoms with Crippen LogP contribution in [0.3, 0.4) is 0 Å². The van der Waals surface area contributed by atoms with Gasteiger partial charge in [-0.1, -0.05) is 18.2 Å². The SMILES string of the molecule is CC(=O)Nc1ccc(CCNc2nc(-c3ccccn3)nc(C)c2C)cc1. The quantitative estimate of drug-likeness (QED) is 0.699. The number of amides is 1. The smallest absolute Gasteiger partial charge is 0.221 e. The lowest BCUT2D eigenvalue weighted by atomic mass is 10.1. The van der Waals surface area contributed by atoms with Gasteiger partial charge in [0.2, 0.25) is 5.91 Å². The summed E-state index contributed by atoms with van der Waals surface area (Å²) < 4.78 is 0. The van der Waals surface area contributed by atoms with Crippen molar-refractivity contribution in [1.29, 1.82) is 0 Å². The zero-order valence-corrected chi connectivity index (χ0v) is 15.8. The van der Waals surface area contributed by atoms with E-state index in [-0.39, 0.29) is 5.91 Å². The van der Waals surface area contributed by atoms with Gasteiger partial charge < -0.3 is 10.6 Å². The number of rotatable bonds is 6. The summed E-state index contributed by atoms with van der Waals surface area (Å²) in [5.41, 5.74) is 4.73. The highest BCUT2D eigenvalue weighted by molar-refractivity contribution is 5.88. The molecule has 0 aliphatic rings. The molecule has 2 N–H and O–H groups in total. The molecule has 27 heavy (non-hydrogen) atoms. The Morgan fingerprint density at radius 1 is 1.04 bits per heavy atom. The maximum Gasteiger partial charge on any atom is 0.221 e. The number of aromatic nitrogens is 3. The number of nitrogens with one attached hydrogen (secondary N) is 2. The van der Waals surface area contributed by atoms with Crippen LogP contribution in [0.5, 0.6) is 0 Å². The minimum Gasteiger partial charge on any atom is -0.369 e. The van der Waals surface area contributed by atoms with Crippen molar-refractivity contribution < 1.29 is 4.79 Å². The number of hydrogen-bond donors (Lipinski definition) is 2. The molecule has 0 radical (unpaired) electrons. The molecule has 0 atom stereocenters. The number of carbonyl (C=O) groups excluding carboxylic acids is 1. The second kappa shape index (κ2) is 8.40. The summed E-state index contributed by atoms with van der Waals surface area (Å²) in [6, 6.07) is 13.6. The van der Waals surface area contributed by atoms with Gasteiger partial charge in [-0.15, -0.1) is 0 Å². The molecule has 0 unspecified atom stereocenters. The first-order valence-corrected chi connectivity index (χ1v) is 8.90. The highest BCUT2D eigenvalue weighted by Gasteiger charge is 2.10. The lowest BCUT2D eigenvalue weighted by Crippen LogP contribution is -2.10. The van der Waals surface area contributed by atoms with Crippen LogP contribution >= 0.6 is 0 Å². The summed E-state index contributed by atoms with van der Waals surface area (Å²) >= 11 is 0. The molecule has 2 aromatic heterocycles. The van der Waals surface area contributed by atoms with Gasteiger partial charge >= 0.3 is 0 Å². The molecule has 3 aromatic rings. The Kier molecular flexibility index (Phi) is 5.76. The highest BCUT2D eigenvalue weighted by Crippen LogP contribution is 2.20. The van der Waals surface area contributed by atoms with E-state index in [1.54, 1.807) is 6.20 Å². The van der Waals surface area contributed by atoms with Crippen LogP contribution in [0.4, 0.5) is 11.5 Å². The molecule has 138 valence electrons. The zero-order valence-electron chi connectivity index (χ0n) is 15.8. The normalized spacial score (nSPS) is 10.5. The van der Waals surface area contributed by atoms with E-state index in [4.69, 9.17) is 0 Å². The molecule has 1 aromatic carbocycles. The van der Waals surface area contributed by atoms with Crippen molar-refractivity contribution in [3.05, 3.63) is 65.5 Å². The van der Waals surface area contributed by atoms with Crippen molar-refractivity contribution in [3.63, 3.8) is 0 Å². The molecule has 0 aliphatic carbocycles. The Bertz CT molecular complexity index is 923. The molecule has 0 spiro atoms. The second-order valence-corrected chi connectivity index (χ2v) is 6.38. The zero-order chi connectivity index (χ0) is 19.2. The van der Waals surface area contributed by atoms with E-state index in [2.05, 4.69) is 25.6 Å². The summed E-state index contributed by atoms with van der Waals surface area (Å²) in [7, 11) is 0. The summed E-state index contributed by atoms with van der Waals surface area (Å²) in [6.45, 7) is 6.25. The van der Waals surface area contributed by atoms with Gasteiger partial charge in [-0.05, 0) is 50.1 Å². The van der Waals surface area contributed by atoms with Crippen molar-refractivity contribution >= 4 is 17.4 Å². The largest absolute Gasteiger partial charge is 0.369 e. The van der Waals surface area contributed by atoms with Gasteiger partial charge in [0.15, 0.2) is 5.82 Å². The average molecular weight is 361 g/mol. The molecule has 1 amide bonds. The van der Waals surface area contributed by atoms with Crippen LogP contribution in [0.25, 0.3) is 11.5 Å². The Balaban J connectivity index is 1.67. The van der Waals surface area contributed by atoms with E-state index >= 15 is 0 Å². The predicted octanol–water partition coefficient (Wildman–Crippen LogP) is 3.77. The average Bonchev–Trinajstić information content (AvgIpc) is 2.66. The Morgan fingerprint density at radius 3 is 2.48 bits per heavy atom. The summed E-state index contributed by atoms with van der Waals surface area (Å²) in [4.78, 5) is 24.6. The fraction of sp³-hybridized carbons (Fsp3) is 0.238. The van der Waals surface area contributed by atoms with Crippen molar-refractivity contribution in [2.45, 2.75) is 27.2 Å². The number of benzene rings is 1. The Hall–Kier alpha value is -3.28. The topological polar surface area (TPSA) is 79.8 Å². The molecule has 6 nitrogen and oxygen atoms in total. The van der Waals surface area contributed by atoms with Crippen LogP contribution in [-0.2, 0) is 11.2 Å². The van der Waals surface area contributed by atoms with E-state index in [1.807, 2.05) is 56.3 Å². The van der Waals surface area contributed by atoms with Crippen molar-refractivity contribution in [2.75, 3.05) is 17.2 Å². The first-order valence-electron chi connectivity index (χ1n) is 8.90. The van der Waals surface area contributed by atoms with Gasteiger partial charge in [0.25, 0.3) is 0 Å². The number of pyridine rings is 1. The molecule has 6 heteroatoms. The maximum atomic E-state index is 11.1. The summed E-state index contributed by atoms with van der Waals surface area (Å²) in [6.07, 6.45) is 2.59. The first kappa shape index (κ1) is 18.5. The van der Waals surface area contributed by atoms with Gasteiger partial charge in [-0.3, -0.25) is 9.78 Å². The lowest BCUT2D eigenvalue weighted by molar-refractivity contribution is -0.114. The number of nitrogens with zero attached hydrogens (tertiary/aromatic N) is 3. The van der Waals surface area contributed by atoms with E-state index in [0.717, 1.165) is 41.4 Å². The van der Waals surface area contributed by atoms with E-state index in [9.17, 15) is 4.79 Å². The second-order valence-electron chi connectivity index (χ2n) is 6.38. The lowest BCUT2D eigenvalue weighted by Gasteiger charge is -2.12. The molecule has 0 fully saturated rings. The third-order valence-corrected chi connectivity index (χ3v) is 4.26. The van der Waals surface area contributed by atoms with Crippen molar-refractivity contribution in [3.8, 4) is 11.5 Å². The molecule has 3 rings (SSSR count). The minimum atomic E-state index is -0.0669. The molecule has 0 bridgehead atoms. The van der Waals surface area contributed by atoms with Gasteiger partial charge in [-0.2, -0.15) is 0 Å². The van der Waals surface area contributed by atoms with Gasteiger partial charge in [-0.25, -0.2) is 9.97 Å². The van der Waals surface area contributed by atoms with Crippen LogP contribution < -0.4 is 10.6 Å². The van der Waals surface area contributed by atoms with Crippen molar-refractivity contribution in [2.24, 2.45) is 0 Å². The molecule has 0 aliphatic heterocycles. The van der Waals surface area contributed by atoms with Gasteiger partial charge in [0.05, 0.1) is 0 Å². The number of hydrogen-bond acceptors (Lipinski definition) is 5. The predicted molar refractivity (Wildman–Crippen MR) is 108 cm³/mol. The first-order chi connectivity index (χ1) is 13.0. The number of carbonyl (C=O) groups is 1. The van der Waals surface area contributed by atoms with Gasteiger partial charge in [0, 0.05) is 36.6 Å². The fourth-order valence-electron chi connectivity index (χ4n) is 2.69. The molecule has 2 heterocycles. The molecule has 0 saturated heterocycles. The molecular formula is C21H23N5O. The summed E-state index contributed by atoms with van der Waals surface area (Å²) in [5, 5.41) is 6.18. The van der Waals surface area contributed by atoms with Crippen LogP contribution in [0.2, 0.25) is 0 Å². The summed E-state index contributed by atoms with van der Waals surface area (Å²) in [5.74, 6) is 1.39. The van der Waals surface area contributed by atoms with Gasteiger partial charge in [0.1, 0.15) is 11.5 Å². The van der Waals surface area contributed by atoms with E-state index in [0.29, 0.717) is 5.82 Å². The van der Waals surface area contributed by atoms with Crippen LogP contribution in [0, 0.1) is 13.8 Å². The van der Waals surface area contributed by atoms with Crippen LogP contribution in [-0.4, -0.2) is 27.4 Å².